The fraction of sp³-hybridized carbons (Fsp3) is 1.00. The van der Waals surface area contributed by atoms with Gasteiger partial charge in [-0.25, -0.2) is 0 Å². The molecule has 0 saturated heterocycles. The second-order valence-corrected chi connectivity index (χ2v) is 3.37. The van der Waals surface area contributed by atoms with Crippen molar-refractivity contribution in [2.24, 2.45) is 0 Å². The second kappa shape index (κ2) is 6.26. The molecule has 9 heavy (non-hydrogen) atoms. The Balaban J connectivity index is 2.88. The third-order valence-electron chi connectivity index (χ3n) is 1.26. The standard InChI is InChI=1S/C6H16O2Si/c1-3-6(9)8-5-4-7-2/h6H,3-5H2,1-2,9H3. The minimum absolute atomic E-state index is 0.514. The van der Waals surface area contributed by atoms with E-state index in [1.807, 2.05) is 0 Å². The molecule has 0 N–H and O–H groups in total. The topological polar surface area (TPSA) is 18.5 Å². The Morgan fingerprint density at radius 3 is 2.56 bits per heavy atom. The lowest BCUT2D eigenvalue weighted by atomic mass is 10.5. The van der Waals surface area contributed by atoms with Crippen LogP contribution >= 0.6 is 0 Å². The van der Waals surface area contributed by atoms with Gasteiger partial charge in [0.25, 0.3) is 0 Å². The maximum Gasteiger partial charge on any atom is 0.0699 e. The SMILES string of the molecule is CCC([SiH3])OCCOC. The largest absolute Gasteiger partial charge is 0.382 e. The van der Waals surface area contributed by atoms with Gasteiger partial charge in [0.1, 0.15) is 0 Å². The molecule has 0 radical (unpaired) electrons. The van der Waals surface area contributed by atoms with Gasteiger partial charge in [0.15, 0.2) is 0 Å². The molecule has 0 heterocycles. The summed E-state index contributed by atoms with van der Waals surface area (Å²) < 4.78 is 10.2. The smallest absolute Gasteiger partial charge is 0.0699 e. The van der Waals surface area contributed by atoms with Crippen LogP contribution in [-0.2, 0) is 9.47 Å². The lowest BCUT2D eigenvalue weighted by Crippen LogP contribution is -2.14. The van der Waals surface area contributed by atoms with Gasteiger partial charge >= 0.3 is 0 Å². The molecule has 0 aromatic rings. The molecule has 3 heteroatoms. The van der Waals surface area contributed by atoms with Crippen LogP contribution in [0.1, 0.15) is 13.3 Å². The highest BCUT2D eigenvalue weighted by Gasteiger charge is 1.95. The molecule has 0 fully saturated rings. The molecule has 0 bridgehead atoms. The molecule has 1 atom stereocenters. The molecule has 0 aliphatic heterocycles. The summed E-state index contributed by atoms with van der Waals surface area (Å²) in [5.74, 6) is 0. The van der Waals surface area contributed by atoms with Crippen LogP contribution in [0.3, 0.4) is 0 Å². The maximum absolute atomic E-state index is 5.37. The predicted molar refractivity (Wildman–Crippen MR) is 41.8 cm³/mol. The third kappa shape index (κ3) is 6.02. The summed E-state index contributed by atoms with van der Waals surface area (Å²) in [4.78, 5) is 0. The molecular formula is C6H16O2Si. The van der Waals surface area contributed by atoms with E-state index < -0.39 is 0 Å². The van der Waals surface area contributed by atoms with Crippen molar-refractivity contribution >= 4 is 10.2 Å². The van der Waals surface area contributed by atoms with Gasteiger partial charge in [-0.3, -0.25) is 0 Å². The Bertz CT molecular complexity index is 59.0. The van der Waals surface area contributed by atoms with Crippen molar-refractivity contribution in [1.29, 1.82) is 0 Å². The summed E-state index contributed by atoms with van der Waals surface area (Å²) >= 11 is 0. The molecule has 0 spiro atoms. The highest BCUT2D eigenvalue weighted by Crippen LogP contribution is 1.90. The van der Waals surface area contributed by atoms with Gasteiger partial charge in [-0.05, 0) is 6.42 Å². The molecule has 56 valence electrons. The summed E-state index contributed by atoms with van der Waals surface area (Å²) in [6, 6.07) is 0. The van der Waals surface area contributed by atoms with Crippen molar-refractivity contribution in [1.82, 2.24) is 0 Å². The van der Waals surface area contributed by atoms with E-state index in [-0.39, 0.29) is 0 Å². The van der Waals surface area contributed by atoms with Crippen molar-refractivity contribution in [3.63, 3.8) is 0 Å². The summed E-state index contributed by atoms with van der Waals surface area (Å²) in [5, 5.41) is 0. The van der Waals surface area contributed by atoms with E-state index in [2.05, 4.69) is 6.92 Å². The van der Waals surface area contributed by atoms with E-state index in [0.717, 1.165) is 29.9 Å². The lowest BCUT2D eigenvalue weighted by molar-refractivity contribution is 0.0525. The van der Waals surface area contributed by atoms with Gasteiger partial charge in [-0.15, -0.1) is 0 Å². The molecule has 0 rings (SSSR count). The molecule has 0 saturated carbocycles. The first kappa shape index (κ1) is 9.14. The van der Waals surface area contributed by atoms with Crippen molar-refractivity contribution in [3.05, 3.63) is 0 Å². The van der Waals surface area contributed by atoms with Gasteiger partial charge in [0.2, 0.25) is 0 Å². The zero-order chi connectivity index (χ0) is 7.11. The predicted octanol–water partition coefficient (Wildman–Crippen LogP) is -0.249. The highest BCUT2D eigenvalue weighted by molar-refractivity contribution is 6.10. The molecule has 0 aliphatic carbocycles. The van der Waals surface area contributed by atoms with Crippen LogP contribution in [0.5, 0.6) is 0 Å². The average Bonchev–Trinajstić information content (AvgIpc) is 1.89. The molecular weight excluding hydrogens is 132 g/mol. The first-order valence-corrected chi connectivity index (χ1v) is 4.57. The van der Waals surface area contributed by atoms with Crippen molar-refractivity contribution < 1.29 is 9.47 Å². The second-order valence-electron chi connectivity index (χ2n) is 2.08. The lowest BCUT2D eigenvalue weighted by Gasteiger charge is -2.08. The molecule has 0 amide bonds. The summed E-state index contributed by atoms with van der Waals surface area (Å²) in [7, 11) is 2.82. The van der Waals surface area contributed by atoms with Crippen LogP contribution in [0.15, 0.2) is 0 Å². The quantitative estimate of drug-likeness (QED) is 0.395. The molecule has 2 nitrogen and oxygen atoms in total. The highest BCUT2D eigenvalue weighted by atomic mass is 28.1. The van der Waals surface area contributed by atoms with Crippen LogP contribution in [0, 0.1) is 0 Å². The fourth-order valence-corrected chi connectivity index (χ4v) is 0.686. The maximum atomic E-state index is 5.37. The zero-order valence-corrected chi connectivity index (χ0v) is 8.52. The van der Waals surface area contributed by atoms with Gasteiger partial charge in [-0.2, -0.15) is 0 Å². The van der Waals surface area contributed by atoms with Crippen molar-refractivity contribution in [2.75, 3.05) is 20.3 Å². The molecule has 0 aromatic heterocycles. The minimum Gasteiger partial charge on any atom is -0.382 e. The number of ether oxygens (including phenoxy) is 2. The number of rotatable bonds is 5. The Morgan fingerprint density at radius 1 is 1.44 bits per heavy atom. The Hall–Kier alpha value is 0.137. The minimum atomic E-state index is 0.514. The summed E-state index contributed by atoms with van der Waals surface area (Å²) in [5.41, 5.74) is 0.514. The molecule has 0 aliphatic rings. The normalized spacial score (nSPS) is 14.0. The van der Waals surface area contributed by atoms with Crippen LogP contribution < -0.4 is 0 Å². The zero-order valence-electron chi connectivity index (χ0n) is 6.52. The Kier molecular flexibility index (Phi) is 6.35. The van der Waals surface area contributed by atoms with Crippen LogP contribution in [0.4, 0.5) is 0 Å². The van der Waals surface area contributed by atoms with E-state index in [0.29, 0.717) is 5.73 Å². The third-order valence-corrected chi connectivity index (χ3v) is 2.41. The van der Waals surface area contributed by atoms with Crippen molar-refractivity contribution in [2.45, 2.75) is 19.1 Å². The van der Waals surface area contributed by atoms with Crippen LogP contribution in [0.25, 0.3) is 0 Å². The number of hydrogen-bond donors (Lipinski definition) is 0. The Morgan fingerprint density at radius 2 is 2.11 bits per heavy atom. The fourth-order valence-electron chi connectivity index (χ4n) is 0.450. The van der Waals surface area contributed by atoms with E-state index in [1.165, 1.54) is 0 Å². The van der Waals surface area contributed by atoms with E-state index >= 15 is 0 Å². The Labute approximate surface area is 60.0 Å². The van der Waals surface area contributed by atoms with Crippen LogP contribution in [0.2, 0.25) is 0 Å². The number of hydrogen-bond acceptors (Lipinski definition) is 2. The summed E-state index contributed by atoms with van der Waals surface area (Å²) in [6.45, 7) is 3.61. The molecule has 1 unspecified atom stereocenters. The summed E-state index contributed by atoms with van der Waals surface area (Å²) in [6.07, 6.45) is 1.13. The van der Waals surface area contributed by atoms with Gasteiger partial charge in [0, 0.05) is 23.1 Å². The average molecular weight is 148 g/mol. The van der Waals surface area contributed by atoms with Gasteiger partial charge < -0.3 is 9.47 Å². The van der Waals surface area contributed by atoms with E-state index in [9.17, 15) is 0 Å². The van der Waals surface area contributed by atoms with E-state index in [4.69, 9.17) is 9.47 Å². The number of methoxy groups -OCH3 is 1. The van der Waals surface area contributed by atoms with Gasteiger partial charge in [0.05, 0.1) is 13.2 Å². The monoisotopic (exact) mass is 148 g/mol. The molecule has 0 aromatic carbocycles. The van der Waals surface area contributed by atoms with Gasteiger partial charge in [-0.1, -0.05) is 6.92 Å². The van der Waals surface area contributed by atoms with E-state index in [1.54, 1.807) is 7.11 Å². The first-order chi connectivity index (χ1) is 4.31. The van der Waals surface area contributed by atoms with Crippen LogP contribution in [-0.4, -0.2) is 36.3 Å². The van der Waals surface area contributed by atoms with Crippen molar-refractivity contribution in [3.8, 4) is 0 Å². The first-order valence-electron chi connectivity index (χ1n) is 3.41.